The molecule has 0 atom stereocenters. The summed E-state index contributed by atoms with van der Waals surface area (Å²) in [5, 5.41) is 11.5. The fourth-order valence-electron chi connectivity index (χ4n) is 7.51. The van der Waals surface area contributed by atoms with E-state index in [1.54, 1.807) is 7.11 Å². The zero-order chi connectivity index (χ0) is 23.3. The summed E-state index contributed by atoms with van der Waals surface area (Å²) in [7, 11) is 1.69. The molecule has 4 bridgehead atoms. The van der Waals surface area contributed by atoms with E-state index in [1.807, 2.05) is 42.6 Å². The fraction of sp³-hybridized carbons (Fsp3) is 0.387. The lowest BCUT2D eigenvalue weighted by Gasteiger charge is -2.57. The Balaban J connectivity index is 1.37. The van der Waals surface area contributed by atoms with Crippen LogP contribution < -0.4 is 4.74 Å². The van der Waals surface area contributed by atoms with Crippen LogP contribution in [0.3, 0.4) is 0 Å². The minimum atomic E-state index is 0.159. The quantitative estimate of drug-likeness (QED) is 0.406. The number of nitrogens with zero attached hydrogens (tertiary/aromatic N) is 1. The van der Waals surface area contributed by atoms with Gasteiger partial charge in [0.25, 0.3) is 0 Å². The van der Waals surface area contributed by atoms with Gasteiger partial charge >= 0.3 is 0 Å². The lowest BCUT2D eigenvalue weighted by Crippen LogP contribution is -2.48. The highest BCUT2D eigenvalue weighted by molar-refractivity contribution is 5.89. The lowest BCUT2D eigenvalue weighted by molar-refractivity contribution is -0.00616. The highest BCUT2D eigenvalue weighted by Gasteiger charge is 2.52. The highest BCUT2D eigenvalue weighted by Crippen LogP contribution is 2.62. The van der Waals surface area contributed by atoms with Crippen LogP contribution in [0.5, 0.6) is 11.5 Å². The number of ether oxygens (including phenoxy) is 1. The average Bonchev–Trinajstić information content (AvgIpc) is 2.83. The Morgan fingerprint density at radius 1 is 0.912 bits per heavy atom. The first-order valence-electron chi connectivity index (χ1n) is 12.6. The molecule has 7 rings (SSSR count). The Labute approximate surface area is 202 Å². The van der Waals surface area contributed by atoms with Crippen molar-refractivity contribution in [3.8, 4) is 22.6 Å². The molecule has 0 heterocycles. The number of aliphatic imine (C=N–C) groups is 1. The summed E-state index contributed by atoms with van der Waals surface area (Å²) in [5.74, 6) is 3.80. The van der Waals surface area contributed by atoms with Crippen molar-refractivity contribution in [2.75, 3.05) is 7.11 Å². The summed E-state index contributed by atoms with van der Waals surface area (Å²) < 4.78 is 5.42. The van der Waals surface area contributed by atoms with E-state index in [-0.39, 0.29) is 5.41 Å². The molecule has 174 valence electrons. The first-order chi connectivity index (χ1) is 16.5. The van der Waals surface area contributed by atoms with Gasteiger partial charge in [0.1, 0.15) is 11.5 Å². The number of hydrogen-bond donors (Lipinski definition) is 1. The third kappa shape index (κ3) is 3.72. The Bertz CT molecular complexity index is 1220. The van der Waals surface area contributed by atoms with Crippen LogP contribution in [0.15, 0.2) is 65.7 Å². The van der Waals surface area contributed by atoms with Crippen molar-refractivity contribution in [2.45, 2.75) is 50.9 Å². The summed E-state index contributed by atoms with van der Waals surface area (Å²) in [6.45, 7) is 2.14. The predicted octanol–water partition coefficient (Wildman–Crippen LogP) is 7.59. The lowest BCUT2D eigenvalue weighted by atomic mass is 9.48. The molecule has 3 heteroatoms. The van der Waals surface area contributed by atoms with Crippen molar-refractivity contribution in [3.63, 3.8) is 0 Å². The molecule has 1 N–H and O–H groups in total. The summed E-state index contributed by atoms with van der Waals surface area (Å²) in [6.07, 6.45) is 9.79. The van der Waals surface area contributed by atoms with E-state index in [0.717, 1.165) is 45.9 Å². The van der Waals surface area contributed by atoms with Crippen molar-refractivity contribution in [3.05, 3.63) is 77.4 Å². The molecule has 4 aliphatic rings. The summed E-state index contributed by atoms with van der Waals surface area (Å²) in [4.78, 5) is 4.87. The van der Waals surface area contributed by atoms with E-state index >= 15 is 0 Å². The molecule has 3 nitrogen and oxygen atoms in total. The predicted molar refractivity (Wildman–Crippen MR) is 138 cm³/mol. The summed E-state index contributed by atoms with van der Waals surface area (Å²) in [6, 6.07) is 20.5. The van der Waals surface area contributed by atoms with Crippen LogP contribution in [0, 0.1) is 24.7 Å². The van der Waals surface area contributed by atoms with Crippen LogP contribution in [0.1, 0.15) is 55.2 Å². The van der Waals surface area contributed by atoms with Crippen molar-refractivity contribution in [1.82, 2.24) is 0 Å². The Hall–Kier alpha value is -3.07. The molecule has 0 amide bonds. The van der Waals surface area contributed by atoms with E-state index < -0.39 is 0 Å². The van der Waals surface area contributed by atoms with Gasteiger partial charge in [0.15, 0.2) is 0 Å². The summed E-state index contributed by atoms with van der Waals surface area (Å²) >= 11 is 0. The molecule has 4 fully saturated rings. The maximum absolute atomic E-state index is 11.5. The minimum absolute atomic E-state index is 0.159. The van der Waals surface area contributed by atoms with E-state index in [9.17, 15) is 5.11 Å². The van der Waals surface area contributed by atoms with Crippen LogP contribution in [-0.4, -0.2) is 18.4 Å². The maximum atomic E-state index is 11.5. The smallest absolute Gasteiger partial charge is 0.128 e. The molecule has 0 unspecified atom stereocenters. The third-order valence-corrected chi connectivity index (χ3v) is 8.52. The van der Waals surface area contributed by atoms with Crippen molar-refractivity contribution in [2.24, 2.45) is 22.7 Å². The van der Waals surface area contributed by atoms with E-state index in [0.29, 0.717) is 5.75 Å². The van der Waals surface area contributed by atoms with Gasteiger partial charge in [0.05, 0.1) is 12.8 Å². The third-order valence-electron chi connectivity index (χ3n) is 8.52. The first kappa shape index (κ1) is 21.5. The normalized spacial score (nSPS) is 27.4. The van der Waals surface area contributed by atoms with Crippen LogP contribution in [0.25, 0.3) is 11.1 Å². The molecule has 0 radical (unpaired) electrons. The maximum Gasteiger partial charge on any atom is 0.128 e. The van der Waals surface area contributed by atoms with Gasteiger partial charge in [-0.15, -0.1) is 0 Å². The first-order valence-corrected chi connectivity index (χ1v) is 12.6. The van der Waals surface area contributed by atoms with E-state index in [2.05, 4.69) is 31.2 Å². The van der Waals surface area contributed by atoms with Crippen molar-refractivity contribution < 1.29 is 9.84 Å². The van der Waals surface area contributed by atoms with Gasteiger partial charge in [-0.1, -0.05) is 36.4 Å². The molecule has 0 spiro atoms. The average molecular weight is 452 g/mol. The number of aryl methyl sites for hydroxylation is 1. The van der Waals surface area contributed by atoms with Crippen LogP contribution >= 0.6 is 0 Å². The number of hydrogen-bond acceptors (Lipinski definition) is 3. The molecule has 0 aromatic heterocycles. The van der Waals surface area contributed by atoms with Gasteiger partial charge in [-0.05, 0) is 104 Å². The Kier molecular flexibility index (Phi) is 5.24. The zero-order valence-electron chi connectivity index (χ0n) is 20.1. The number of benzene rings is 3. The molecule has 4 saturated carbocycles. The molecule has 34 heavy (non-hydrogen) atoms. The van der Waals surface area contributed by atoms with Gasteiger partial charge in [0, 0.05) is 22.9 Å². The molecular formula is C31H33NO2. The molecule has 3 aromatic carbocycles. The topological polar surface area (TPSA) is 41.8 Å². The number of methoxy groups -OCH3 is 1. The van der Waals surface area contributed by atoms with E-state index in [1.165, 1.54) is 49.7 Å². The second-order valence-electron chi connectivity index (χ2n) is 11.0. The molecule has 4 aliphatic carbocycles. The standard InChI is InChI=1S/C31H33NO2/c1-20-10-25(19-32-29-9-4-3-8-27(29)24-6-5-7-26(15-24)34-2)30(33)28(11-20)31-16-21-12-22(17-31)14-23(13-21)18-31/h3-11,15,19,21-23,33H,12-14,16-18H2,1-2H3. The molecule has 3 aromatic rings. The van der Waals surface area contributed by atoms with Gasteiger partial charge in [-0.25, -0.2) is 0 Å². The Morgan fingerprint density at radius 3 is 2.32 bits per heavy atom. The van der Waals surface area contributed by atoms with Crippen LogP contribution in [-0.2, 0) is 5.41 Å². The highest BCUT2D eigenvalue weighted by atomic mass is 16.5. The van der Waals surface area contributed by atoms with Gasteiger partial charge in [0.2, 0.25) is 0 Å². The number of aromatic hydroxyl groups is 1. The Morgan fingerprint density at radius 2 is 1.62 bits per heavy atom. The van der Waals surface area contributed by atoms with E-state index in [4.69, 9.17) is 9.73 Å². The van der Waals surface area contributed by atoms with Crippen LogP contribution in [0.2, 0.25) is 0 Å². The van der Waals surface area contributed by atoms with Crippen molar-refractivity contribution >= 4 is 11.9 Å². The fourth-order valence-corrected chi connectivity index (χ4v) is 7.51. The monoisotopic (exact) mass is 451 g/mol. The van der Waals surface area contributed by atoms with Crippen molar-refractivity contribution in [1.29, 1.82) is 0 Å². The molecule has 0 saturated heterocycles. The SMILES string of the molecule is COc1cccc(-c2ccccc2N=Cc2cc(C)cc(C34CC5CC(CC(C5)C3)C4)c2O)c1. The summed E-state index contributed by atoms with van der Waals surface area (Å²) in [5.41, 5.74) is 6.35. The zero-order valence-corrected chi connectivity index (χ0v) is 20.1. The number of rotatable bonds is 5. The number of para-hydroxylation sites is 1. The number of phenols is 1. The largest absolute Gasteiger partial charge is 0.507 e. The van der Waals surface area contributed by atoms with Crippen LogP contribution in [0.4, 0.5) is 5.69 Å². The van der Waals surface area contributed by atoms with Gasteiger partial charge < -0.3 is 9.84 Å². The second-order valence-corrected chi connectivity index (χ2v) is 11.0. The second kappa shape index (κ2) is 8.30. The van der Waals surface area contributed by atoms with Gasteiger partial charge in [-0.2, -0.15) is 0 Å². The molecule has 0 aliphatic heterocycles. The molecular weight excluding hydrogens is 418 g/mol. The van der Waals surface area contributed by atoms with Gasteiger partial charge in [-0.3, -0.25) is 4.99 Å². The number of phenolic OH excluding ortho intramolecular Hbond substituents is 1. The minimum Gasteiger partial charge on any atom is -0.507 e.